The zero-order valence-corrected chi connectivity index (χ0v) is 13.3. The number of piperidine rings is 1. The number of hydrogen-bond acceptors (Lipinski definition) is 3. The van der Waals surface area contributed by atoms with Crippen LogP contribution in [0.3, 0.4) is 0 Å². The first-order valence-corrected chi connectivity index (χ1v) is 9.04. The Bertz CT molecular complexity index is 622. The summed E-state index contributed by atoms with van der Waals surface area (Å²) in [6.07, 6.45) is 3.63. The predicted octanol–water partition coefficient (Wildman–Crippen LogP) is 2.00. The Labute approximate surface area is 126 Å². The third-order valence-corrected chi connectivity index (χ3v) is 6.48. The number of anilines is 2. The molecule has 0 bridgehead atoms. The zero-order chi connectivity index (χ0) is 15.0. The fourth-order valence-corrected chi connectivity index (χ4v) is 4.91. The van der Waals surface area contributed by atoms with Gasteiger partial charge in [0.2, 0.25) is 0 Å². The van der Waals surface area contributed by atoms with Crippen LogP contribution in [0.1, 0.15) is 31.7 Å². The van der Waals surface area contributed by atoms with E-state index in [2.05, 4.69) is 6.92 Å². The Balaban J connectivity index is 1.90. The van der Waals surface area contributed by atoms with Crippen molar-refractivity contribution in [3.63, 3.8) is 0 Å². The Morgan fingerprint density at radius 3 is 2.62 bits per heavy atom. The fourth-order valence-electron chi connectivity index (χ4n) is 3.18. The lowest BCUT2D eigenvalue weighted by atomic mass is 10.0. The lowest BCUT2D eigenvalue weighted by molar-refractivity contribution is 0.287. The van der Waals surface area contributed by atoms with E-state index in [9.17, 15) is 8.42 Å². The molecule has 1 aromatic rings. The molecule has 0 spiro atoms. The average molecular weight is 309 g/mol. The van der Waals surface area contributed by atoms with Gasteiger partial charge in [0.15, 0.2) is 0 Å². The second-order valence-electron chi connectivity index (χ2n) is 6.15. The highest BCUT2D eigenvalue weighted by Gasteiger charge is 2.34. The maximum Gasteiger partial charge on any atom is 0.304 e. The molecule has 21 heavy (non-hydrogen) atoms. The molecule has 0 unspecified atom stereocenters. The molecule has 2 aliphatic heterocycles. The van der Waals surface area contributed by atoms with Crippen molar-refractivity contribution in [3.05, 3.63) is 23.8 Å². The lowest BCUT2D eigenvalue weighted by Gasteiger charge is -2.37. The number of nitrogen functional groups attached to an aromatic ring is 1. The van der Waals surface area contributed by atoms with Gasteiger partial charge in [-0.3, -0.25) is 4.31 Å². The molecule has 1 fully saturated rings. The largest absolute Gasteiger partial charge is 0.399 e. The fraction of sp³-hybridized carbons (Fsp3) is 0.600. The third-order valence-electron chi connectivity index (χ3n) is 4.53. The molecular weight excluding hydrogens is 286 g/mol. The topological polar surface area (TPSA) is 66.6 Å². The first kappa shape index (κ1) is 14.7. The minimum absolute atomic E-state index is 0.561. The standard InChI is InChI=1S/C15H23N3O2S/c1-12-6-9-17(10-7-12)21(19,20)18-8-2-3-13-11-14(16)4-5-15(13)18/h4-5,11-12H,2-3,6-10,16H2,1H3. The van der Waals surface area contributed by atoms with E-state index in [1.165, 1.54) is 0 Å². The van der Waals surface area contributed by atoms with Crippen molar-refractivity contribution in [3.8, 4) is 0 Å². The van der Waals surface area contributed by atoms with Crippen LogP contribution in [0.25, 0.3) is 0 Å². The van der Waals surface area contributed by atoms with Crippen LogP contribution in [0.2, 0.25) is 0 Å². The number of aryl methyl sites for hydroxylation is 1. The van der Waals surface area contributed by atoms with Crippen molar-refractivity contribution in [2.45, 2.75) is 32.6 Å². The summed E-state index contributed by atoms with van der Waals surface area (Å²) in [7, 11) is -3.41. The Kier molecular flexibility index (Phi) is 3.84. The molecule has 0 radical (unpaired) electrons. The van der Waals surface area contributed by atoms with Gasteiger partial charge < -0.3 is 5.73 Å². The van der Waals surface area contributed by atoms with Crippen molar-refractivity contribution in [2.24, 2.45) is 5.92 Å². The van der Waals surface area contributed by atoms with E-state index in [4.69, 9.17) is 5.73 Å². The highest BCUT2D eigenvalue weighted by molar-refractivity contribution is 7.90. The summed E-state index contributed by atoms with van der Waals surface area (Å²) in [5.41, 5.74) is 8.35. The van der Waals surface area contributed by atoms with Crippen LogP contribution in [0.5, 0.6) is 0 Å². The molecule has 0 atom stereocenters. The van der Waals surface area contributed by atoms with Crippen molar-refractivity contribution in [2.75, 3.05) is 29.7 Å². The molecule has 1 aromatic carbocycles. The first-order valence-electron chi connectivity index (χ1n) is 7.64. The van der Waals surface area contributed by atoms with Crippen LogP contribution in [0, 0.1) is 5.92 Å². The lowest BCUT2D eigenvalue weighted by Crippen LogP contribution is -2.48. The molecule has 0 aliphatic carbocycles. The summed E-state index contributed by atoms with van der Waals surface area (Å²) in [6, 6.07) is 5.52. The smallest absolute Gasteiger partial charge is 0.304 e. The summed E-state index contributed by atoms with van der Waals surface area (Å²) < 4.78 is 29.0. The number of nitrogens with two attached hydrogens (primary N) is 1. The maximum atomic E-state index is 12.9. The monoisotopic (exact) mass is 309 g/mol. The first-order chi connectivity index (χ1) is 9.98. The van der Waals surface area contributed by atoms with E-state index < -0.39 is 10.2 Å². The molecule has 0 aromatic heterocycles. The molecule has 2 heterocycles. The highest BCUT2D eigenvalue weighted by Crippen LogP contribution is 2.33. The van der Waals surface area contributed by atoms with Gasteiger partial charge in [-0.2, -0.15) is 12.7 Å². The molecule has 2 N–H and O–H groups in total. The molecule has 3 rings (SSSR count). The zero-order valence-electron chi connectivity index (χ0n) is 12.5. The molecule has 116 valence electrons. The Morgan fingerprint density at radius 2 is 1.90 bits per heavy atom. The molecule has 6 heteroatoms. The maximum absolute atomic E-state index is 12.9. The van der Waals surface area contributed by atoms with Crippen LogP contribution in [0.15, 0.2) is 18.2 Å². The van der Waals surface area contributed by atoms with Gasteiger partial charge in [-0.05, 0) is 55.4 Å². The van der Waals surface area contributed by atoms with Crippen LogP contribution < -0.4 is 10.0 Å². The Hall–Kier alpha value is -1.27. The number of hydrogen-bond donors (Lipinski definition) is 1. The van der Waals surface area contributed by atoms with Gasteiger partial charge >= 0.3 is 10.2 Å². The van der Waals surface area contributed by atoms with E-state index in [-0.39, 0.29) is 0 Å². The second-order valence-corrected chi connectivity index (χ2v) is 8.01. The second kappa shape index (κ2) is 5.50. The molecule has 2 aliphatic rings. The summed E-state index contributed by atoms with van der Waals surface area (Å²) in [5.74, 6) is 0.616. The van der Waals surface area contributed by atoms with Gasteiger partial charge in [-0.1, -0.05) is 6.92 Å². The quantitative estimate of drug-likeness (QED) is 0.850. The number of fused-ring (bicyclic) bond motifs is 1. The number of rotatable bonds is 2. The van der Waals surface area contributed by atoms with Crippen LogP contribution in [-0.2, 0) is 16.6 Å². The summed E-state index contributed by atoms with van der Waals surface area (Å²) in [6.45, 7) is 4.00. The van der Waals surface area contributed by atoms with E-state index in [0.717, 1.165) is 36.9 Å². The van der Waals surface area contributed by atoms with Crippen molar-refractivity contribution >= 4 is 21.6 Å². The summed E-state index contributed by atoms with van der Waals surface area (Å²) in [4.78, 5) is 0. The van der Waals surface area contributed by atoms with Gasteiger partial charge in [0.05, 0.1) is 5.69 Å². The van der Waals surface area contributed by atoms with Gasteiger partial charge in [0.25, 0.3) is 0 Å². The molecular formula is C15H23N3O2S. The Morgan fingerprint density at radius 1 is 1.19 bits per heavy atom. The van der Waals surface area contributed by atoms with Crippen LogP contribution in [0.4, 0.5) is 11.4 Å². The van der Waals surface area contributed by atoms with Crippen molar-refractivity contribution < 1.29 is 8.42 Å². The van der Waals surface area contributed by atoms with Crippen molar-refractivity contribution in [1.29, 1.82) is 0 Å². The molecule has 1 saturated heterocycles. The van der Waals surface area contributed by atoms with E-state index in [1.807, 2.05) is 12.1 Å². The highest BCUT2D eigenvalue weighted by atomic mass is 32.2. The minimum Gasteiger partial charge on any atom is -0.399 e. The summed E-state index contributed by atoms with van der Waals surface area (Å²) >= 11 is 0. The third kappa shape index (κ3) is 2.74. The van der Waals surface area contributed by atoms with E-state index in [0.29, 0.717) is 31.2 Å². The van der Waals surface area contributed by atoms with E-state index in [1.54, 1.807) is 14.7 Å². The molecule has 5 nitrogen and oxygen atoms in total. The minimum atomic E-state index is -3.41. The van der Waals surface area contributed by atoms with Gasteiger partial charge in [-0.25, -0.2) is 0 Å². The predicted molar refractivity (Wildman–Crippen MR) is 85.4 cm³/mol. The van der Waals surface area contributed by atoms with Gasteiger partial charge in [0.1, 0.15) is 0 Å². The van der Waals surface area contributed by atoms with E-state index >= 15 is 0 Å². The molecule has 0 amide bonds. The number of benzene rings is 1. The van der Waals surface area contributed by atoms with Crippen LogP contribution in [-0.4, -0.2) is 32.4 Å². The molecule has 0 saturated carbocycles. The van der Waals surface area contributed by atoms with Gasteiger partial charge in [-0.15, -0.1) is 0 Å². The number of nitrogens with zero attached hydrogens (tertiary/aromatic N) is 2. The van der Waals surface area contributed by atoms with Crippen LogP contribution >= 0.6 is 0 Å². The van der Waals surface area contributed by atoms with Crippen molar-refractivity contribution in [1.82, 2.24) is 4.31 Å². The SMILES string of the molecule is CC1CCN(S(=O)(=O)N2CCCc3cc(N)ccc32)CC1. The average Bonchev–Trinajstić information content (AvgIpc) is 2.46. The normalized spacial score (nSPS) is 21.3. The van der Waals surface area contributed by atoms with Gasteiger partial charge in [0, 0.05) is 25.3 Å². The summed E-state index contributed by atoms with van der Waals surface area (Å²) in [5, 5.41) is 0.